The number of carbonyl (C=O) groups excluding carboxylic acids is 1. The molecule has 134 valence electrons. The van der Waals surface area contributed by atoms with E-state index in [1.165, 1.54) is 12.7 Å². The smallest absolute Gasteiger partial charge is 0.308 e. The van der Waals surface area contributed by atoms with Gasteiger partial charge in [0.2, 0.25) is 0 Å². The van der Waals surface area contributed by atoms with Gasteiger partial charge in [-0.05, 0) is 37.6 Å². The molecule has 25 heavy (non-hydrogen) atoms. The molecule has 0 radical (unpaired) electrons. The zero-order valence-electron chi connectivity index (χ0n) is 15.1. The Hall–Kier alpha value is -2.18. The maximum absolute atomic E-state index is 11.4. The number of carbonyl (C=O) groups is 1. The van der Waals surface area contributed by atoms with E-state index in [4.69, 9.17) is 9.47 Å². The molecule has 1 unspecified atom stereocenters. The number of methoxy groups -OCH3 is 1. The summed E-state index contributed by atoms with van der Waals surface area (Å²) >= 11 is 0. The first-order chi connectivity index (χ1) is 12.0. The van der Waals surface area contributed by atoms with Crippen LogP contribution in [0, 0.1) is 13.8 Å². The van der Waals surface area contributed by atoms with Crippen LogP contribution in [0.5, 0.6) is 0 Å². The predicted octanol–water partition coefficient (Wildman–Crippen LogP) is 2.25. The van der Waals surface area contributed by atoms with Gasteiger partial charge in [0, 0.05) is 25.3 Å². The SMILES string of the molecule is COC(=O)CC1CN(Cc2ccc(-n3nc(C)cc3C)cc2)CCO1. The highest BCUT2D eigenvalue weighted by Crippen LogP contribution is 2.16. The second-order valence-corrected chi connectivity index (χ2v) is 6.51. The Morgan fingerprint density at radius 1 is 1.32 bits per heavy atom. The number of hydrogen-bond donors (Lipinski definition) is 0. The van der Waals surface area contributed by atoms with Gasteiger partial charge in [0.15, 0.2) is 0 Å². The van der Waals surface area contributed by atoms with Gasteiger partial charge in [0.1, 0.15) is 0 Å². The average molecular weight is 343 g/mol. The van der Waals surface area contributed by atoms with Gasteiger partial charge in [-0.15, -0.1) is 0 Å². The van der Waals surface area contributed by atoms with Crippen molar-refractivity contribution in [3.05, 3.63) is 47.3 Å². The van der Waals surface area contributed by atoms with Crippen LogP contribution in [-0.2, 0) is 20.8 Å². The summed E-state index contributed by atoms with van der Waals surface area (Å²) in [5.74, 6) is -0.221. The molecule has 1 aliphatic rings. The molecule has 1 atom stereocenters. The molecule has 6 nitrogen and oxygen atoms in total. The van der Waals surface area contributed by atoms with Crippen LogP contribution in [0.25, 0.3) is 5.69 Å². The van der Waals surface area contributed by atoms with Crippen LogP contribution in [0.2, 0.25) is 0 Å². The molecule has 0 saturated carbocycles. The standard InChI is InChI=1S/C19H25N3O3/c1-14-10-15(2)22(20-14)17-6-4-16(5-7-17)12-21-8-9-25-18(13-21)11-19(23)24-3/h4-7,10,18H,8-9,11-13H2,1-3H3. The lowest BCUT2D eigenvalue weighted by molar-refractivity contribution is -0.145. The summed E-state index contributed by atoms with van der Waals surface area (Å²) < 4.78 is 12.3. The summed E-state index contributed by atoms with van der Waals surface area (Å²) in [5, 5.41) is 4.52. The van der Waals surface area contributed by atoms with E-state index in [0.717, 1.165) is 36.7 Å². The Labute approximate surface area is 148 Å². The summed E-state index contributed by atoms with van der Waals surface area (Å²) in [5.41, 5.74) is 4.46. The Balaban J connectivity index is 1.61. The van der Waals surface area contributed by atoms with Crippen LogP contribution in [-0.4, -0.2) is 53.6 Å². The van der Waals surface area contributed by atoms with Gasteiger partial charge in [-0.2, -0.15) is 5.10 Å². The fourth-order valence-electron chi connectivity index (χ4n) is 3.21. The third-order valence-electron chi connectivity index (χ3n) is 4.44. The first-order valence-corrected chi connectivity index (χ1v) is 8.58. The van der Waals surface area contributed by atoms with Crippen LogP contribution >= 0.6 is 0 Å². The second kappa shape index (κ2) is 7.80. The minimum absolute atomic E-state index is 0.0878. The molecule has 6 heteroatoms. The van der Waals surface area contributed by atoms with Crippen molar-refractivity contribution in [1.29, 1.82) is 0 Å². The van der Waals surface area contributed by atoms with Crippen molar-refractivity contribution in [3.8, 4) is 5.69 Å². The quantitative estimate of drug-likeness (QED) is 0.780. The van der Waals surface area contributed by atoms with Crippen molar-refractivity contribution in [2.45, 2.75) is 32.9 Å². The van der Waals surface area contributed by atoms with Gasteiger partial charge in [0.05, 0.1) is 37.6 Å². The predicted molar refractivity (Wildman–Crippen MR) is 94.7 cm³/mol. The summed E-state index contributed by atoms with van der Waals surface area (Å²) in [6, 6.07) is 10.5. The molecular weight excluding hydrogens is 318 g/mol. The summed E-state index contributed by atoms with van der Waals surface area (Å²) in [7, 11) is 1.41. The topological polar surface area (TPSA) is 56.6 Å². The molecule has 0 aliphatic carbocycles. The molecule has 0 N–H and O–H groups in total. The van der Waals surface area contributed by atoms with Gasteiger partial charge in [-0.3, -0.25) is 9.69 Å². The number of rotatable bonds is 5. The summed E-state index contributed by atoms with van der Waals surface area (Å²) in [4.78, 5) is 13.7. The molecule has 1 saturated heterocycles. The molecule has 1 aliphatic heterocycles. The highest BCUT2D eigenvalue weighted by Gasteiger charge is 2.23. The third-order valence-corrected chi connectivity index (χ3v) is 4.44. The molecule has 0 spiro atoms. The lowest BCUT2D eigenvalue weighted by Gasteiger charge is -2.32. The zero-order chi connectivity index (χ0) is 17.8. The molecule has 0 bridgehead atoms. The van der Waals surface area contributed by atoms with Crippen LogP contribution in [0.15, 0.2) is 30.3 Å². The molecule has 2 aromatic rings. The lowest BCUT2D eigenvalue weighted by Crippen LogP contribution is -2.42. The first kappa shape index (κ1) is 17.6. The van der Waals surface area contributed by atoms with E-state index in [0.29, 0.717) is 13.0 Å². The van der Waals surface area contributed by atoms with Crippen LogP contribution < -0.4 is 0 Å². The van der Waals surface area contributed by atoms with Gasteiger partial charge in [0.25, 0.3) is 0 Å². The van der Waals surface area contributed by atoms with E-state index in [-0.39, 0.29) is 12.1 Å². The molecular formula is C19H25N3O3. The highest BCUT2D eigenvalue weighted by molar-refractivity contribution is 5.69. The van der Waals surface area contributed by atoms with Crippen molar-refractivity contribution in [2.24, 2.45) is 0 Å². The highest BCUT2D eigenvalue weighted by atomic mass is 16.5. The van der Waals surface area contributed by atoms with E-state index < -0.39 is 0 Å². The van der Waals surface area contributed by atoms with Gasteiger partial charge in [-0.25, -0.2) is 4.68 Å². The summed E-state index contributed by atoms with van der Waals surface area (Å²) in [6.45, 7) is 7.17. The van der Waals surface area contributed by atoms with Crippen molar-refractivity contribution in [3.63, 3.8) is 0 Å². The monoisotopic (exact) mass is 343 g/mol. The fraction of sp³-hybridized carbons (Fsp3) is 0.474. The van der Waals surface area contributed by atoms with Crippen LogP contribution in [0.4, 0.5) is 0 Å². The number of ether oxygens (including phenoxy) is 2. The van der Waals surface area contributed by atoms with E-state index in [1.54, 1.807) is 0 Å². The number of morpholine rings is 1. The van der Waals surface area contributed by atoms with E-state index in [9.17, 15) is 4.79 Å². The van der Waals surface area contributed by atoms with E-state index >= 15 is 0 Å². The Bertz CT molecular complexity index is 724. The largest absolute Gasteiger partial charge is 0.469 e. The molecule has 1 aromatic carbocycles. The number of aromatic nitrogens is 2. The van der Waals surface area contributed by atoms with Crippen molar-refractivity contribution in [2.75, 3.05) is 26.8 Å². The number of aryl methyl sites for hydroxylation is 2. The maximum Gasteiger partial charge on any atom is 0.308 e. The maximum atomic E-state index is 11.4. The van der Waals surface area contributed by atoms with Crippen molar-refractivity contribution < 1.29 is 14.3 Å². The Morgan fingerprint density at radius 2 is 2.08 bits per heavy atom. The minimum Gasteiger partial charge on any atom is -0.469 e. The molecule has 3 rings (SSSR count). The number of hydrogen-bond acceptors (Lipinski definition) is 5. The summed E-state index contributed by atoms with van der Waals surface area (Å²) in [6.07, 6.45) is 0.222. The average Bonchev–Trinajstić information content (AvgIpc) is 2.94. The van der Waals surface area contributed by atoms with Crippen molar-refractivity contribution in [1.82, 2.24) is 14.7 Å². The van der Waals surface area contributed by atoms with Crippen molar-refractivity contribution >= 4 is 5.97 Å². The number of nitrogens with zero attached hydrogens (tertiary/aromatic N) is 3. The lowest BCUT2D eigenvalue weighted by atomic mass is 10.1. The number of esters is 1. The van der Waals surface area contributed by atoms with Gasteiger partial charge >= 0.3 is 5.97 Å². The van der Waals surface area contributed by atoms with E-state index in [2.05, 4.69) is 47.3 Å². The van der Waals surface area contributed by atoms with Gasteiger partial charge < -0.3 is 9.47 Å². The van der Waals surface area contributed by atoms with Crippen LogP contribution in [0.1, 0.15) is 23.4 Å². The Kier molecular flexibility index (Phi) is 5.50. The second-order valence-electron chi connectivity index (χ2n) is 6.51. The molecule has 0 amide bonds. The zero-order valence-corrected chi connectivity index (χ0v) is 15.1. The van der Waals surface area contributed by atoms with Gasteiger partial charge in [-0.1, -0.05) is 12.1 Å². The molecule has 1 fully saturated rings. The van der Waals surface area contributed by atoms with Crippen LogP contribution in [0.3, 0.4) is 0 Å². The Morgan fingerprint density at radius 3 is 2.72 bits per heavy atom. The van der Waals surface area contributed by atoms with E-state index in [1.807, 2.05) is 11.6 Å². The fourth-order valence-corrected chi connectivity index (χ4v) is 3.21. The first-order valence-electron chi connectivity index (χ1n) is 8.58. The minimum atomic E-state index is -0.221. The molecule has 2 heterocycles. The normalized spacial score (nSPS) is 18.3. The third kappa shape index (κ3) is 4.46. The number of benzene rings is 1. The molecule has 1 aromatic heterocycles.